The number of thiophene rings is 1. The molecule has 0 amide bonds. The second kappa shape index (κ2) is 8.20. The lowest BCUT2D eigenvalue weighted by Crippen LogP contribution is -2.16. The first-order valence-corrected chi connectivity index (χ1v) is 10.7. The van der Waals surface area contributed by atoms with Gasteiger partial charge in [0.1, 0.15) is 11.5 Å². The van der Waals surface area contributed by atoms with Crippen molar-refractivity contribution in [3.63, 3.8) is 0 Å². The second-order valence-electron chi connectivity index (χ2n) is 7.05. The zero-order valence-electron chi connectivity index (χ0n) is 16.7. The van der Waals surface area contributed by atoms with Crippen molar-refractivity contribution < 1.29 is 9.18 Å². The Labute approximate surface area is 186 Å². The molecule has 0 aliphatic heterocycles. The highest BCUT2D eigenvalue weighted by Crippen LogP contribution is 2.26. The highest BCUT2D eigenvalue weighted by atomic mass is 32.1. The molecule has 0 atom stereocenters. The lowest BCUT2D eigenvalue weighted by atomic mass is 10.1. The molecule has 7 heteroatoms. The van der Waals surface area contributed by atoms with Crippen molar-refractivity contribution in [3.8, 4) is 5.69 Å². The molecular weight excluding hydrogens is 425 g/mol. The number of hydrogen-bond acceptors (Lipinski definition) is 5. The molecule has 3 aromatic heterocycles. The fourth-order valence-electron chi connectivity index (χ4n) is 3.49. The Morgan fingerprint density at radius 2 is 1.66 bits per heavy atom. The van der Waals surface area contributed by atoms with Gasteiger partial charge in [0.05, 0.1) is 10.3 Å². The first kappa shape index (κ1) is 19.8. The Hall–Kier alpha value is -4.10. The number of carbonyl (C=O) groups is 1. The molecule has 32 heavy (non-hydrogen) atoms. The number of nitrogens with one attached hydrogen (secondary N) is 1. The van der Waals surface area contributed by atoms with Gasteiger partial charge in [0.25, 0.3) is 0 Å². The molecule has 1 N–H and O–H groups in total. The number of benzene rings is 2. The topological polar surface area (TPSA) is 64.0 Å². The molecule has 0 saturated heterocycles. The van der Waals surface area contributed by atoms with Gasteiger partial charge in [-0.2, -0.15) is 0 Å². The quantitative estimate of drug-likeness (QED) is 0.363. The van der Waals surface area contributed by atoms with Crippen LogP contribution in [0.1, 0.15) is 15.4 Å². The number of fused-ring (bicyclic) bond motifs is 1. The number of anilines is 2. The van der Waals surface area contributed by atoms with Crippen LogP contribution in [0.15, 0.2) is 95.1 Å². The molecule has 5 rings (SSSR count). The predicted octanol–water partition coefficient (Wildman–Crippen LogP) is 5.56. The number of carbonyl (C=O) groups excluding carboxylic acids is 1. The van der Waals surface area contributed by atoms with E-state index in [0.29, 0.717) is 16.4 Å². The summed E-state index contributed by atoms with van der Waals surface area (Å²) in [7, 11) is 0. The lowest BCUT2D eigenvalue weighted by molar-refractivity contribution is 0.103. The number of para-hydroxylation sites is 2. The fraction of sp³-hybridized carbons (Fsp3) is 0. The van der Waals surface area contributed by atoms with Gasteiger partial charge in [-0.25, -0.2) is 9.37 Å². The number of nitrogens with zero attached hydrogens (tertiary/aromatic N) is 2. The number of hydrogen-bond donors (Lipinski definition) is 1. The number of pyridine rings is 2. The van der Waals surface area contributed by atoms with E-state index in [9.17, 15) is 14.0 Å². The van der Waals surface area contributed by atoms with Crippen LogP contribution in [-0.4, -0.2) is 15.3 Å². The van der Waals surface area contributed by atoms with E-state index in [1.54, 1.807) is 22.1 Å². The van der Waals surface area contributed by atoms with Crippen molar-refractivity contribution in [1.29, 1.82) is 0 Å². The highest BCUT2D eigenvalue weighted by molar-refractivity contribution is 7.12. The first-order chi connectivity index (χ1) is 15.6. The van der Waals surface area contributed by atoms with Crippen molar-refractivity contribution in [2.75, 3.05) is 5.32 Å². The molecule has 0 unspecified atom stereocenters. The summed E-state index contributed by atoms with van der Waals surface area (Å²) < 4.78 is 16.6. The molecule has 5 aromatic rings. The first-order valence-electron chi connectivity index (χ1n) is 9.84. The third kappa shape index (κ3) is 3.59. The molecular formula is C25H16FN3O2S. The van der Waals surface area contributed by atoms with E-state index in [4.69, 9.17) is 0 Å². The highest BCUT2D eigenvalue weighted by Gasteiger charge is 2.21. The van der Waals surface area contributed by atoms with Crippen LogP contribution in [0.5, 0.6) is 0 Å². The van der Waals surface area contributed by atoms with E-state index in [-0.39, 0.29) is 16.7 Å². The Bertz CT molecular complexity index is 1480. The Morgan fingerprint density at radius 3 is 2.34 bits per heavy atom. The summed E-state index contributed by atoms with van der Waals surface area (Å²) in [6, 6.07) is 24.5. The van der Waals surface area contributed by atoms with Crippen molar-refractivity contribution >= 4 is 39.7 Å². The normalized spacial score (nSPS) is 10.9. The van der Waals surface area contributed by atoms with Crippen LogP contribution in [0.3, 0.4) is 0 Å². The summed E-state index contributed by atoms with van der Waals surface area (Å²) in [5.74, 6) is -0.891. The molecule has 5 nitrogen and oxygen atoms in total. The van der Waals surface area contributed by atoms with Crippen LogP contribution in [0, 0.1) is 5.82 Å². The minimum atomic E-state index is -0.823. The van der Waals surface area contributed by atoms with Crippen molar-refractivity contribution in [2.45, 2.75) is 0 Å². The van der Waals surface area contributed by atoms with Gasteiger partial charge < -0.3 is 5.32 Å². The van der Waals surface area contributed by atoms with Gasteiger partial charge in [0, 0.05) is 17.4 Å². The standard InChI is InChI=1S/C25H16FN3O2S/c26-19-14-18-20(30)15-22(27-16-8-3-1-4-9-16)29(17-10-5-2-6-11-17)25(18)28-23(19)24(31)21-12-7-13-32-21/h1-15,27H. The Balaban J connectivity index is 1.80. The summed E-state index contributed by atoms with van der Waals surface area (Å²) in [6.07, 6.45) is 0. The molecule has 0 radical (unpaired) electrons. The van der Waals surface area contributed by atoms with Crippen molar-refractivity contribution in [3.05, 3.63) is 117 Å². The molecule has 3 heterocycles. The number of aromatic nitrogens is 2. The van der Waals surface area contributed by atoms with E-state index in [1.807, 2.05) is 60.7 Å². The van der Waals surface area contributed by atoms with Gasteiger partial charge in [0.15, 0.2) is 16.9 Å². The van der Waals surface area contributed by atoms with Gasteiger partial charge >= 0.3 is 0 Å². The van der Waals surface area contributed by atoms with Crippen LogP contribution in [0.2, 0.25) is 0 Å². The van der Waals surface area contributed by atoms with E-state index in [1.165, 1.54) is 17.4 Å². The average molecular weight is 441 g/mol. The van der Waals surface area contributed by atoms with E-state index in [0.717, 1.165) is 11.8 Å². The Kier molecular flexibility index (Phi) is 5.09. The monoisotopic (exact) mass is 441 g/mol. The lowest BCUT2D eigenvalue weighted by Gasteiger charge is -2.18. The molecule has 156 valence electrons. The van der Waals surface area contributed by atoms with Gasteiger partial charge in [-0.3, -0.25) is 14.2 Å². The SMILES string of the molecule is O=C(c1cccs1)c1nc2c(cc1F)c(=O)cc(Nc1ccccc1)n2-c1ccccc1. The third-order valence-electron chi connectivity index (χ3n) is 4.96. The average Bonchev–Trinajstić information content (AvgIpc) is 3.35. The number of rotatable bonds is 5. The number of ketones is 1. The molecule has 2 aromatic carbocycles. The van der Waals surface area contributed by atoms with Crippen LogP contribution < -0.4 is 10.7 Å². The molecule has 0 fully saturated rings. The maximum absolute atomic E-state index is 14.9. The van der Waals surface area contributed by atoms with E-state index >= 15 is 0 Å². The summed E-state index contributed by atoms with van der Waals surface area (Å²) in [4.78, 5) is 30.5. The smallest absolute Gasteiger partial charge is 0.224 e. The second-order valence-corrected chi connectivity index (χ2v) is 8.00. The molecule has 0 bridgehead atoms. The van der Waals surface area contributed by atoms with Gasteiger partial charge in [-0.05, 0) is 41.8 Å². The zero-order valence-corrected chi connectivity index (χ0v) is 17.5. The van der Waals surface area contributed by atoms with Crippen LogP contribution in [0.4, 0.5) is 15.9 Å². The van der Waals surface area contributed by atoms with Gasteiger partial charge in [0.2, 0.25) is 5.78 Å². The van der Waals surface area contributed by atoms with E-state index in [2.05, 4.69) is 10.3 Å². The van der Waals surface area contributed by atoms with E-state index < -0.39 is 17.0 Å². The van der Waals surface area contributed by atoms with Crippen molar-refractivity contribution in [1.82, 2.24) is 9.55 Å². The van der Waals surface area contributed by atoms with Crippen molar-refractivity contribution in [2.24, 2.45) is 0 Å². The predicted molar refractivity (Wildman–Crippen MR) is 125 cm³/mol. The minimum Gasteiger partial charge on any atom is -0.341 e. The molecule has 0 aliphatic carbocycles. The zero-order chi connectivity index (χ0) is 22.1. The van der Waals surface area contributed by atoms with Gasteiger partial charge in [-0.1, -0.05) is 42.5 Å². The minimum absolute atomic E-state index is 0.0905. The summed E-state index contributed by atoms with van der Waals surface area (Å²) in [5, 5.41) is 5.08. The summed E-state index contributed by atoms with van der Waals surface area (Å²) in [5.41, 5.74) is 0.967. The molecule has 0 saturated carbocycles. The fourth-order valence-corrected chi connectivity index (χ4v) is 4.16. The maximum atomic E-state index is 14.9. The maximum Gasteiger partial charge on any atom is 0.224 e. The van der Waals surface area contributed by atoms with Crippen LogP contribution in [0.25, 0.3) is 16.7 Å². The van der Waals surface area contributed by atoms with Gasteiger partial charge in [-0.15, -0.1) is 11.3 Å². The molecule has 0 aliphatic rings. The van der Waals surface area contributed by atoms with Crippen LogP contribution >= 0.6 is 11.3 Å². The third-order valence-corrected chi connectivity index (χ3v) is 5.83. The largest absolute Gasteiger partial charge is 0.341 e. The van der Waals surface area contributed by atoms with Crippen LogP contribution in [-0.2, 0) is 0 Å². The summed E-state index contributed by atoms with van der Waals surface area (Å²) >= 11 is 1.21. The Morgan fingerprint density at radius 1 is 0.938 bits per heavy atom. The number of halogens is 1. The molecule has 0 spiro atoms. The summed E-state index contributed by atoms with van der Waals surface area (Å²) in [6.45, 7) is 0.